The molecule has 9 heavy (non-hydrogen) atoms. The molecule has 0 aromatic heterocycles. The molecule has 1 fully saturated rings. The summed E-state index contributed by atoms with van der Waals surface area (Å²) in [6.45, 7) is 2.35. The molecule has 0 unspecified atom stereocenters. The molecule has 0 heterocycles. The summed E-state index contributed by atoms with van der Waals surface area (Å²) in [4.78, 5) is 0. The van der Waals surface area contributed by atoms with Gasteiger partial charge >= 0.3 is 0 Å². The predicted octanol–water partition coefficient (Wildman–Crippen LogP) is 2.61. The van der Waals surface area contributed by atoms with E-state index in [0.717, 1.165) is 17.8 Å². The maximum absolute atomic E-state index is 2.42. The average Bonchev–Trinajstić information content (AvgIpc) is 2.25. The third-order valence-electron chi connectivity index (χ3n) is 2.94. The van der Waals surface area contributed by atoms with Crippen molar-refractivity contribution in [2.45, 2.75) is 26.2 Å². The van der Waals surface area contributed by atoms with Gasteiger partial charge in [-0.25, -0.2) is 0 Å². The Morgan fingerprint density at radius 1 is 1.22 bits per heavy atom. The largest absolute Gasteiger partial charge is 0.0851 e. The van der Waals surface area contributed by atoms with Gasteiger partial charge in [-0.3, -0.25) is 0 Å². The molecule has 0 amide bonds. The summed E-state index contributed by atoms with van der Waals surface area (Å²) in [6.07, 6.45) is 9.27. The van der Waals surface area contributed by atoms with E-state index in [2.05, 4.69) is 19.1 Å². The summed E-state index contributed by atoms with van der Waals surface area (Å²) in [5, 5.41) is 0. The molecule has 0 heteroatoms. The Kier molecular flexibility index (Phi) is 1.14. The third kappa shape index (κ3) is 0.810. The van der Waals surface area contributed by atoms with E-state index in [0.29, 0.717) is 0 Å². The van der Waals surface area contributed by atoms with Crippen molar-refractivity contribution >= 4 is 0 Å². The average molecular weight is 122 g/mol. The van der Waals surface area contributed by atoms with Crippen molar-refractivity contribution in [2.24, 2.45) is 17.8 Å². The third-order valence-corrected chi connectivity index (χ3v) is 2.94. The van der Waals surface area contributed by atoms with Gasteiger partial charge in [0.05, 0.1) is 0 Å². The van der Waals surface area contributed by atoms with Gasteiger partial charge in [0.1, 0.15) is 0 Å². The van der Waals surface area contributed by atoms with Crippen LogP contribution < -0.4 is 0 Å². The van der Waals surface area contributed by atoms with Gasteiger partial charge in [-0.1, -0.05) is 19.1 Å². The summed E-state index contributed by atoms with van der Waals surface area (Å²) >= 11 is 0. The van der Waals surface area contributed by atoms with Gasteiger partial charge < -0.3 is 0 Å². The molecule has 0 aliphatic heterocycles. The fraction of sp³-hybridized carbons (Fsp3) is 0.778. The van der Waals surface area contributed by atoms with Gasteiger partial charge in [0.2, 0.25) is 0 Å². The van der Waals surface area contributed by atoms with Crippen LogP contribution in [0, 0.1) is 17.8 Å². The van der Waals surface area contributed by atoms with Crippen LogP contribution in [0.15, 0.2) is 12.2 Å². The Labute approximate surface area is 57.0 Å². The van der Waals surface area contributed by atoms with Crippen LogP contribution in [-0.2, 0) is 0 Å². The van der Waals surface area contributed by atoms with Crippen LogP contribution in [0.4, 0.5) is 0 Å². The van der Waals surface area contributed by atoms with Crippen LogP contribution >= 0.6 is 0 Å². The van der Waals surface area contributed by atoms with E-state index < -0.39 is 0 Å². The maximum atomic E-state index is 2.42. The van der Waals surface area contributed by atoms with Crippen molar-refractivity contribution in [3.63, 3.8) is 0 Å². The highest BCUT2D eigenvalue weighted by Gasteiger charge is 2.29. The van der Waals surface area contributed by atoms with Crippen molar-refractivity contribution < 1.29 is 0 Å². The molecular weight excluding hydrogens is 108 g/mol. The highest BCUT2D eigenvalue weighted by atomic mass is 14.3. The first-order valence-electron chi connectivity index (χ1n) is 4.04. The fourth-order valence-electron chi connectivity index (χ4n) is 2.19. The van der Waals surface area contributed by atoms with E-state index in [9.17, 15) is 0 Å². The van der Waals surface area contributed by atoms with E-state index >= 15 is 0 Å². The van der Waals surface area contributed by atoms with E-state index in [4.69, 9.17) is 0 Å². The lowest BCUT2D eigenvalue weighted by atomic mass is 9.87. The van der Waals surface area contributed by atoms with Crippen molar-refractivity contribution in [3.8, 4) is 0 Å². The Morgan fingerprint density at radius 2 is 2.11 bits per heavy atom. The molecule has 0 spiro atoms. The first kappa shape index (κ1) is 5.52. The second-order valence-electron chi connectivity index (χ2n) is 3.58. The molecular formula is C9H14. The Balaban J connectivity index is 2.19. The van der Waals surface area contributed by atoms with Crippen LogP contribution in [0.3, 0.4) is 0 Å². The molecule has 0 radical (unpaired) electrons. The second-order valence-corrected chi connectivity index (χ2v) is 3.58. The monoisotopic (exact) mass is 122 g/mol. The molecule has 0 saturated heterocycles. The zero-order chi connectivity index (χ0) is 6.27. The standard InChI is InChI=1S/C9H14/c1-7-2-3-8-4-5-9(7)6-8/h2-3,7-9H,4-6H2,1H3/t7-,8-,9-/m0/s1. The Bertz CT molecular complexity index is 135. The summed E-state index contributed by atoms with van der Waals surface area (Å²) in [5.74, 6) is 2.88. The lowest BCUT2D eigenvalue weighted by molar-refractivity contribution is 0.408. The highest BCUT2D eigenvalue weighted by Crippen LogP contribution is 2.40. The van der Waals surface area contributed by atoms with E-state index in [1.54, 1.807) is 0 Å². The minimum atomic E-state index is 0.878. The van der Waals surface area contributed by atoms with Gasteiger partial charge in [-0.05, 0) is 37.0 Å². The molecule has 0 aromatic carbocycles. The normalized spacial score (nSPS) is 47.9. The van der Waals surface area contributed by atoms with Crippen molar-refractivity contribution in [2.75, 3.05) is 0 Å². The van der Waals surface area contributed by atoms with Crippen LogP contribution in [0.5, 0.6) is 0 Å². The second kappa shape index (κ2) is 1.86. The van der Waals surface area contributed by atoms with Crippen LogP contribution in [-0.4, -0.2) is 0 Å². The van der Waals surface area contributed by atoms with E-state index in [1.807, 2.05) is 0 Å². The van der Waals surface area contributed by atoms with E-state index in [-0.39, 0.29) is 0 Å². The SMILES string of the molecule is C[C@H]1C=C[C@H]2CC[C@H]1C2. The minimum Gasteiger partial charge on any atom is -0.0851 e. The van der Waals surface area contributed by atoms with Gasteiger partial charge in [0.15, 0.2) is 0 Å². The molecule has 2 aliphatic rings. The number of hydrogen-bond acceptors (Lipinski definition) is 0. The lowest BCUT2D eigenvalue weighted by Gasteiger charge is -2.18. The summed E-state index contributed by atoms with van der Waals surface area (Å²) in [7, 11) is 0. The predicted molar refractivity (Wildman–Crippen MR) is 39.1 cm³/mol. The van der Waals surface area contributed by atoms with Gasteiger partial charge in [-0.2, -0.15) is 0 Å². The van der Waals surface area contributed by atoms with Crippen molar-refractivity contribution in [1.29, 1.82) is 0 Å². The molecule has 0 nitrogen and oxygen atoms in total. The number of hydrogen-bond donors (Lipinski definition) is 0. The van der Waals surface area contributed by atoms with E-state index in [1.165, 1.54) is 19.3 Å². The van der Waals surface area contributed by atoms with Crippen LogP contribution in [0.1, 0.15) is 26.2 Å². The Morgan fingerprint density at radius 3 is 2.89 bits per heavy atom. The topological polar surface area (TPSA) is 0 Å². The molecule has 3 atom stereocenters. The molecule has 0 aromatic rings. The smallest absolute Gasteiger partial charge is 0.0230 e. The van der Waals surface area contributed by atoms with Crippen molar-refractivity contribution in [1.82, 2.24) is 0 Å². The number of allylic oxidation sites excluding steroid dienone is 2. The van der Waals surface area contributed by atoms with Crippen LogP contribution in [0.2, 0.25) is 0 Å². The summed E-state index contributed by atoms with van der Waals surface area (Å²) in [5.41, 5.74) is 0. The van der Waals surface area contributed by atoms with Crippen molar-refractivity contribution in [3.05, 3.63) is 12.2 Å². The fourth-order valence-corrected chi connectivity index (χ4v) is 2.19. The lowest BCUT2D eigenvalue weighted by Crippen LogP contribution is -2.08. The minimum absolute atomic E-state index is 0.878. The zero-order valence-corrected chi connectivity index (χ0v) is 6.01. The highest BCUT2D eigenvalue weighted by molar-refractivity contribution is 5.03. The summed E-state index contributed by atoms with van der Waals surface area (Å²) in [6, 6.07) is 0. The maximum Gasteiger partial charge on any atom is -0.0230 e. The van der Waals surface area contributed by atoms with Gasteiger partial charge in [-0.15, -0.1) is 0 Å². The van der Waals surface area contributed by atoms with Gasteiger partial charge in [0.25, 0.3) is 0 Å². The molecule has 2 aliphatic carbocycles. The summed E-state index contributed by atoms with van der Waals surface area (Å²) < 4.78 is 0. The number of rotatable bonds is 0. The first-order valence-corrected chi connectivity index (χ1v) is 4.04. The number of fused-ring (bicyclic) bond motifs is 2. The molecule has 50 valence electrons. The zero-order valence-electron chi connectivity index (χ0n) is 6.01. The molecule has 2 bridgehead atoms. The quantitative estimate of drug-likeness (QED) is 0.433. The first-order chi connectivity index (χ1) is 4.36. The van der Waals surface area contributed by atoms with Crippen LogP contribution in [0.25, 0.3) is 0 Å². The molecule has 0 N–H and O–H groups in total. The van der Waals surface area contributed by atoms with Gasteiger partial charge in [0, 0.05) is 0 Å². The molecule has 1 saturated carbocycles. The molecule has 2 rings (SSSR count). The Hall–Kier alpha value is -0.260.